The van der Waals surface area contributed by atoms with Gasteiger partial charge in [-0.15, -0.1) is 0 Å². The lowest BCUT2D eigenvalue weighted by molar-refractivity contribution is 0.831. The lowest BCUT2D eigenvalue weighted by Crippen LogP contribution is -2.25. The van der Waals surface area contributed by atoms with E-state index in [0.717, 1.165) is 30.8 Å². The van der Waals surface area contributed by atoms with Crippen molar-refractivity contribution < 1.29 is 0 Å². The Bertz CT molecular complexity index is 559. The van der Waals surface area contributed by atoms with Crippen LogP contribution in [0, 0.1) is 6.92 Å². The van der Waals surface area contributed by atoms with Crippen LogP contribution in [0.2, 0.25) is 0 Å². The van der Waals surface area contributed by atoms with Gasteiger partial charge in [-0.1, -0.05) is 11.6 Å². The molecule has 0 fully saturated rings. The van der Waals surface area contributed by atoms with Gasteiger partial charge in [-0.2, -0.15) is 0 Å². The van der Waals surface area contributed by atoms with Crippen LogP contribution in [-0.4, -0.2) is 24.6 Å². The lowest BCUT2D eigenvalue weighted by Gasteiger charge is -2.23. The van der Waals surface area contributed by atoms with Crippen molar-refractivity contribution in [2.24, 2.45) is 5.73 Å². The molecule has 0 aliphatic carbocycles. The van der Waals surface area contributed by atoms with Crippen molar-refractivity contribution in [2.45, 2.75) is 27.2 Å². The third-order valence-corrected chi connectivity index (χ3v) is 3.50. The molecule has 0 aliphatic rings. The first kappa shape index (κ1) is 13.8. The molecule has 3 nitrogen and oxygen atoms in total. The fourth-order valence-corrected chi connectivity index (χ4v) is 2.47. The summed E-state index contributed by atoms with van der Waals surface area (Å²) in [5.41, 5.74) is 9.32. The van der Waals surface area contributed by atoms with E-state index in [-0.39, 0.29) is 0 Å². The largest absolute Gasteiger partial charge is 0.357 e. The predicted molar refractivity (Wildman–Crippen MR) is 82.8 cm³/mol. The van der Waals surface area contributed by atoms with E-state index in [9.17, 15) is 0 Å². The minimum Gasteiger partial charge on any atom is -0.357 e. The average molecular weight is 257 g/mol. The number of aryl methyl sites for hydroxylation is 1. The van der Waals surface area contributed by atoms with E-state index in [2.05, 4.69) is 49.9 Å². The lowest BCUT2D eigenvalue weighted by atomic mass is 10.1. The first-order chi connectivity index (χ1) is 9.19. The molecular formula is C16H23N3. The molecule has 0 unspecified atom stereocenters. The number of aromatic nitrogens is 1. The highest BCUT2D eigenvalue weighted by molar-refractivity contribution is 5.82. The Labute approximate surface area is 115 Å². The smallest absolute Gasteiger partial charge is 0.132 e. The number of nitrogens with two attached hydrogens (primary N) is 1. The van der Waals surface area contributed by atoms with Gasteiger partial charge in [0.2, 0.25) is 0 Å². The zero-order valence-corrected chi connectivity index (χ0v) is 12.1. The van der Waals surface area contributed by atoms with Gasteiger partial charge in [-0.25, -0.2) is 4.98 Å². The summed E-state index contributed by atoms with van der Waals surface area (Å²) in [4.78, 5) is 7.14. The Hall–Kier alpha value is -1.61. The molecule has 1 aromatic heterocycles. The molecule has 0 amide bonds. The second-order valence-electron chi connectivity index (χ2n) is 4.88. The number of anilines is 1. The molecule has 0 radical (unpaired) electrons. The van der Waals surface area contributed by atoms with Crippen LogP contribution < -0.4 is 10.6 Å². The second kappa shape index (κ2) is 6.02. The Morgan fingerprint density at radius 2 is 1.89 bits per heavy atom. The molecule has 1 heterocycles. The van der Waals surface area contributed by atoms with E-state index >= 15 is 0 Å². The second-order valence-corrected chi connectivity index (χ2v) is 4.88. The van der Waals surface area contributed by atoms with Crippen molar-refractivity contribution in [3.63, 3.8) is 0 Å². The molecule has 2 N–H and O–H groups in total. The molecule has 102 valence electrons. The summed E-state index contributed by atoms with van der Waals surface area (Å²) in [6.45, 7) is 9.04. The van der Waals surface area contributed by atoms with E-state index in [4.69, 9.17) is 10.7 Å². The van der Waals surface area contributed by atoms with Crippen molar-refractivity contribution in [3.05, 3.63) is 35.4 Å². The maximum Gasteiger partial charge on any atom is 0.132 e. The maximum absolute atomic E-state index is 5.74. The van der Waals surface area contributed by atoms with Gasteiger partial charge in [0, 0.05) is 18.5 Å². The predicted octanol–water partition coefficient (Wildman–Crippen LogP) is 2.89. The summed E-state index contributed by atoms with van der Waals surface area (Å²) in [6.07, 6.45) is 0.878. The van der Waals surface area contributed by atoms with Crippen molar-refractivity contribution in [1.82, 2.24) is 4.98 Å². The SMILES string of the molecule is CCN(CC)c1nc2ccc(C)cc2cc1CCN. The normalized spacial score (nSPS) is 10.9. The molecule has 2 rings (SSSR count). The first-order valence-electron chi connectivity index (χ1n) is 7.04. The number of rotatable bonds is 5. The van der Waals surface area contributed by atoms with Crippen LogP contribution in [0.5, 0.6) is 0 Å². The molecule has 0 spiro atoms. The van der Waals surface area contributed by atoms with Gasteiger partial charge >= 0.3 is 0 Å². The van der Waals surface area contributed by atoms with Gasteiger partial charge < -0.3 is 10.6 Å². The van der Waals surface area contributed by atoms with Crippen LogP contribution in [0.4, 0.5) is 5.82 Å². The van der Waals surface area contributed by atoms with Crippen molar-refractivity contribution in [2.75, 3.05) is 24.5 Å². The number of fused-ring (bicyclic) bond motifs is 1. The summed E-state index contributed by atoms with van der Waals surface area (Å²) >= 11 is 0. The Kier molecular flexibility index (Phi) is 4.38. The molecule has 0 aliphatic heterocycles. The van der Waals surface area contributed by atoms with Gasteiger partial charge in [0.15, 0.2) is 0 Å². The quantitative estimate of drug-likeness (QED) is 0.895. The summed E-state index contributed by atoms with van der Waals surface area (Å²) in [5.74, 6) is 1.09. The van der Waals surface area contributed by atoms with Gasteiger partial charge in [-0.05, 0) is 57.5 Å². The topological polar surface area (TPSA) is 42.2 Å². The van der Waals surface area contributed by atoms with Gasteiger partial charge in [0.1, 0.15) is 5.82 Å². The Morgan fingerprint density at radius 1 is 1.16 bits per heavy atom. The van der Waals surface area contributed by atoms with Crippen LogP contribution in [0.15, 0.2) is 24.3 Å². The van der Waals surface area contributed by atoms with E-state index in [0.29, 0.717) is 6.54 Å². The number of pyridine rings is 1. The van der Waals surface area contributed by atoms with Crippen molar-refractivity contribution >= 4 is 16.7 Å². The Morgan fingerprint density at radius 3 is 2.53 bits per heavy atom. The highest BCUT2D eigenvalue weighted by Crippen LogP contribution is 2.24. The van der Waals surface area contributed by atoms with Gasteiger partial charge in [-0.3, -0.25) is 0 Å². The molecule has 0 atom stereocenters. The van der Waals surface area contributed by atoms with Crippen LogP contribution in [0.3, 0.4) is 0 Å². The molecular weight excluding hydrogens is 234 g/mol. The molecule has 19 heavy (non-hydrogen) atoms. The fourth-order valence-electron chi connectivity index (χ4n) is 2.47. The van der Waals surface area contributed by atoms with E-state index in [1.807, 2.05) is 0 Å². The van der Waals surface area contributed by atoms with Crippen LogP contribution in [-0.2, 0) is 6.42 Å². The molecule has 0 bridgehead atoms. The van der Waals surface area contributed by atoms with Crippen LogP contribution in [0.1, 0.15) is 25.0 Å². The standard InChI is InChI=1S/C16H23N3/c1-4-19(5-2)16-13(8-9-17)11-14-10-12(3)6-7-15(14)18-16/h6-7,10-11H,4-5,8-9,17H2,1-3H3. The molecule has 2 aromatic rings. The highest BCUT2D eigenvalue weighted by atomic mass is 15.2. The van der Waals surface area contributed by atoms with E-state index in [1.165, 1.54) is 16.5 Å². The molecule has 3 heteroatoms. The molecule has 1 aromatic carbocycles. The van der Waals surface area contributed by atoms with Crippen molar-refractivity contribution in [1.29, 1.82) is 0 Å². The summed E-state index contributed by atoms with van der Waals surface area (Å²) in [7, 11) is 0. The monoisotopic (exact) mass is 257 g/mol. The van der Waals surface area contributed by atoms with Gasteiger partial charge in [0.05, 0.1) is 5.52 Å². The number of nitrogens with zero attached hydrogens (tertiary/aromatic N) is 2. The first-order valence-corrected chi connectivity index (χ1v) is 7.04. The summed E-state index contributed by atoms with van der Waals surface area (Å²) in [5, 5.41) is 1.21. The Balaban J connectivity index is 2.59. The average Bonchev–Trinajstić information content (AvgIpc) is 2.41. The third-order valence-electron chi connectivity index (χ3n) is 3.50. The summed E-state index contributed by atoms with van der Waals surface area (Å²) in [6, 6.07) is 8.65. The van der Waals surface area contributed by atoms with Crippen LogP contribution >= 0.6 is 0 Å². The van der Waals surface area contributed by atoms with Crippen molar-refractivity contribution in [3.8, 4) is 0 Å². The number of hydrogen-bond acceptors (Lipinski definition) is 3. The maximum atomic E-state index is 5.74. The molecule has 0 saturated carbocycles. The number of benzene rings is 1. The van der Waals surface area contributed by atoms with E-state index < -0.39 is 0 Å². The fraction of sp³-hybridized carbons (Fsp3) is 0.438. The number of hydrogen-bond donors (Lipinski definition) is 1. The van der Waals surface area contributed by atoms with Gasteiger partial charge in [0.25, 0.3) is 0 Å². The minimum atomic E-state index is 0.660. The summed E-state index contributed by atoms with van der Waals surface area (Å²) < 4.78 is 0. The minimum absolute atomic E-state index is 0.660. The zero-order chi connectivity index (χ0) is 13.8. The van der Waals surface area contributed by atoms with E-state index in [1.54, 1.807) is 0 Å². The highest BCUT2D eigenvalue weighted by Gasteiger charge is 2.11. The zero-order valence-electron chi connectivity index (χ0n) is 12.1. The third kappa shape index (κ3) is 2.87. The van der Waals surface area contributed by atoms with Crippen LogP contribution in [0.25, 0.3) is 10.9 Å². The molecule has 0 saturated heterocycles.